The van der Waals surface area contributed by atoms with Crippen LogP contribution in [-0.4, -0.2) is 55.9 Å². The maximum Gasteiger partial charge on any atom is 0.433 e. The van der Waals surface area contributed by atoms with E-state index >= 15 is 0 Å². The first-order valence-corrected chi connectivity index (χ1v) is 13.3. The molecular weight excluding hydrogens is 588 g/mol. The average molecular weight is 614 g/mol. The molecular formula is C28H26ClF6N5O2. The minimum atomic E-state index is -4.75. The molecule has 0 spiro atoms. The lowest BCUT2D eigenvalue weighted by Gasteiger charge is -2.33. The third kappa shape index (κ3) is 5.52. The zero-order chi connectivity index (χ0) is 30.4. The number of imidazole rings is 1. The van der Waals surface area contributed by atoms with E-state index in [1.165, 1.54) is 42.4 Å². The van der Waals surface area contributed by atoms with E-state index in [9.17, 15) is 31.4 Å². The van der Waals surface area contributed by atoms with Crippen LogP contribution in [0.1, 0.15) is 40.9 Å². The number of aliphatic hydroxyl groups is 1. The molecule has 1 aliphatic heterocycles. The minimum Gasteiger partial charge on any atom is -0.481 e. The number of methoxy groups -OCH3 is 1. The highest BCUT2D eigenvalue weighted by molar-refractivity contribution is 6.36. The van der Waals surface area contributed by atoms with E-state index in [1.807, 2.05) is 4.90 Å². The third-order valence-electron chi connectivity index (χ3n) is 7.68. The van der Waals surface area contributed by atoms with Gasteiger partial charge in [0.25, 0.3) is 0 Å². The molecule has 1 aliphatic rings. The van der Waals surface area contributed by atoms with Gasteiger partial charge >= 0.3 is 12.4 Å². The number of ether oxygens (including phenoxy) is 1. The van der Waals surface area contributed by atoms with E-state index in [0.717, 1.165) is 12.3 Å². The van der Waals surface area contributed by atoms with Crippen molar-refractivity contribution in [1.29, 1.82) is 0 Å². The largest absolute Gasteiger partial charge is 0.481 e. The van der Waals surface area contributed by atoms with Crippen molar-refractivity contribution in [2.24, 2.45) is 13.0 Å². The molecule has 4 heterocycles. The first-order valence-electron chi connectivity index (χ1n) is 12.9. The molecule has 7 nitrogen and oxygen atoms in total. The van der Waals surface area contributed by atoms with Crippen molar-refractivity contribution in [1.82, 2.24) is 24.4 Å². The van der Waals surface area contributed by atoms with Crippen LogP contribution in [0, 0.1) is 5.92 Å². The lowest BCUT2D eigenvalue weighted by molar-refractivity contribution is -0.185. The van der Waals surface area contributed by atoms with Crippen LogP contribution in [0.4, 0.5) is 26.3 Å². The van der Waals surface area contributed by atoms with Crippen molar-refractivity contribution in [2.45, 2.75) is 37.3 Å². The van der Waals surface area contributed by atoms with Crippen molar-refractivity contribution in [3.05, 3.63) is 82.2 Å². The molecule has 0 aliphatic carbocycles. The van der Waals surface area contributed by atoms with Crippen LogP contribution >= 0.6 is 11.6 Å². The molecule has 3 aromatic heterocycles. The Balaban J connectivity index is 1.60. The molecule has 42 heavy (non-hydrogen) atoms. The maximum absolute atomic E-state index is 13.6. The van der Waals surface area contributed by atoms with E-state index in [1.54, 1.807) is 13.1 Å². The van der Waals surface area contributed by atoms with Gasteiger partial charge in [-0.2, -0.15) is 26.3 Å². The molecule has 0 radical (unpaired) electrons. The number of aromatic nitrogens is 4. The van der Waals surface area contributed by atoms with Crippen LogP contribution in [0.3, 0.4) is 0 Å². The smallest absolute Gasteiger partial charge is 0.433 e. The van der Waals surface area contributed by atoms with Gasteiger partial charge in [0.2, 0.25) is 5.88 Å². The fourth-order valence-electron chi connectivity index (χ4n) is 5.39. The number of hydrogen-bond acceptors (Lipinski definition) is 6. The average Bonchev–Trinajstić information content (AvgIpc) is 3.39. The summed E-state index contributed by atoms with van der Waals surface area (Å²) in [6.07, 6.45) is -5.35. The van der Waals surface area contributed by atoms with E-state index in [4.69, 9.17) is 16.3 Å². The molecule has 0 amide bonds. The number of likely N-dealkylation sites (tertiary alicyclic amines) is 1. The number of rotatable bonds is 6. The molecule has 224 valence electrons. The van der Waals surface area contributed by atoms with Crippen molar-refractivity contribution in [3.8, 4) is 5.88 Å². The van der Waals surface area contributed by atoms with Crippen LogP contribution in [0.5, 0.6) is 5.88 Å². The second-order valence-corrected chi connectivity index (χ2v) is 10.6. The van der Waals surface area contributed by atoms with Crippen molar-refractivity contribution < 1.29 is 36.2 Å². The van der Waals surface area contributed by atoms with Gasteiger partial charge in [-0.15, -0.1) is 0 Å². The first kappa shape index (κ1) is 30.1. The SMILES string of the molecule is COc1nc2ccc([C@@](O)(c3ccnc(C(F)(F)F)c3)c3cncn3C)cc2c(Cl)c1CN1CCC(C(F)(F)F)CC1. The molecule has 14 heteroatoms. The summed E-state index contributed by atoms with van der Waals surface area (Å²) in [7, 11) is 3.00. The fourth-order valence-corrected chi connectivity index (χ4v) is 5.69. The van der Waals surface area contributed by atoms with Crippen LogP contribution < -0.4 is 4.74 Å². The Bertz CT molecular complexity index is 1600. The van der Waals surface area contributed by atoms with E-state index in [0.29, 0.717) is 16.5 Å². The Morgan fingerprint density at radius 3 is 2.33 bits per heavy atom. The highest BCUT2D eigenvalue weighted by Gasteiger charge is 2.42. The summed E-state index contributed by atoms with van der Waals surface area (Å²) in [5.74, 6) is -1.16. The highest BCUT2D eigenvalue weighted by atomic mass is 35.5. The molecule has 1 aromatic carbocycles. The topological polar surface area (TPSA) is 76.3 Å². The predicted molar refractivity (Wildman–Crippen MR) is 142 cm³/mol. The Morgan fingerprint density at radius 2 is 1.74 bits per heavy atom. The normalized spacial score (nSPS) is 17.0. The third-order valence-corrected chi connectivity index (χ3v) is 8.11. The predicted octanol–water partition coefficient (Wildman–Crippen LogP) is 6.10. The van der Waals surface area contributed by atoms with Gasteiger partial charge in [-0.05, 0) is 61.3 Å². The van der Waals surface area contributed by atoms with E-state index in [-0.39, 0.29) is 60.2 Å². The lowest BCUT2D eigenvalue weighted by atomic mass is 9.83. The lowest BCUT2D eigenvalue weighted by Crippen LogP contribution is -2.38. The summed E-state index contributed by atoms with van der Waals surface area (Å²) >= 11 is 6.87. The molecule has 5 rings (SSSR count). The molecule has 1 saturated heterocycles. The van der Waals surface area contributed by atoms with Crippen LogP contribution in [0.2, 0.25) is 5.02 Å². The van der Waals surface area contributed by atoms with E-state index < -0.39 is 29.6 Å². The Hall–Kier alpha value is -3.42. The van der Waals surface area contributed by atoms with Gasteiger partial charge in [0.05, 0.1) is 41.8 Å². The number of fused-ring (bicyclic) bond motifs is 1. The summed E-state index contributed by atoms with van der Waals surface area (Å²) in [5, 5.41) is 12.8. The summed E-state index contributed by atoms with van der Waals surface area (Å²) in [6, 6.07) is 6.68. The van der Waals surface area contributed by atoms with Gasteiger partial charge in [0, 0.05) is 30.7 Å². The Labute approximate surface area is 241 Å². The van der Waals surface area contributed by atoms with Crippen molar-refractivity contribution >= 4 is 22.5 Å². The number of hydrogen-bond donors (Lipinski definition) is 1. The second kappa shape index (κ2) is 11.0. The van der Waals surface area contributed by atoms with E-state index in [2.05, 4.69) is 15.0 Å². The minimum absolute atomic E-state index is 0.0435. The molecule has 4 aromatic rings. The summed E-state index contributed by atoms with van der Waals surface area (Å²) in [6.45, 7) is 0.572. The monoisotopic (exact) mass is 613 g/mol. The van der Waals surface area contributed by atoms with Gasteiger partial charge in [-0.3, -0.25) is 9.88 Å². The number of benzene rings is 1. The van der Waals surface area contributed by atoms with Crippen LogP contribution in [0.25, 0.3) is 10.9 Å². The number of piperidine rings is 1. The second-order valence-electron chi connectivity index (χ2n) is 10.3. The number of alkyl halides is 6. The summed E-state index contributed by atoms with van der Waals surface area (Å²) < 4.78 is 87.1. The van der Waals surface area contributed by atoms with Crippen molar-refractivity contribution in [3.63, 3.8) is 0 Å². The Kier molecular flexibility index (Phi) is 7.88. The number of aryl methyl sites for hydroxylation is 1. The zero-order valence-electron chi connectivity index (χ0n) is 22.5. The van der Waals surface area contributed by atoms with Gasteiger partial charge < -0.3 is 14.4 Å². The summed E-state index contributed by atoms with van der Waals surface area (Å²) in [5.41, 5.74) is -2.18. The number of nitrogens with zero attached hydrogens (tertiary/aromatic N) is 5. The van der Waals surface area contributed by atoms with Gasteiger partial charge in [0.15, 0.2) is 5.60 Å². The van der Waals surface area contributed by atoms with Crippen LogP contribution in [0.15, 0.2) is 49.1 Å². The van der Waals surface area contributed by atoms with Gasteiger partial charge in [-0.25, -0.2) is 9.97 Å². The standard InChI is InChI=1S/C28H26ClF6N5O2/c1-39-15-36-13-23(39)26(41,18-5-8-37-22(12-18)28(33,34)35)17-3-4-21-19(11-17)24(29)20(25(38-21)42-2)14-40-9-6-16(7-10-40)27(30,31)32/h3-5,8,11-13,15-16,41H,6-7,9-10,14H2,1-2H3/t26-/m1/s1. The number of halogens is 7. The quantitative estimate of drug-likeness (QED) is 0.265. The molecule has 1 fully saturated rings. The summed E-state index contributed by atoms with van der Waals surface area (Å²) in [4.78, 5) is 13.8. The fraction of sp³-hybridized carbons (Fsp3) is 0.393. The van der Waals surface area contributed by atoms with Gasteiger partial charge in [0.1, 0.15) is 5.69 Å². The molecule has 0 saturated carbocycles. The van der Waals surface area contributed by atoms with Crippen molar-refractivity contribution in [2.75, 3.05) is 20.2 Å². The Morgan fingerprint density at radius 1 is 1.05 bits per heavy atom. The zero-order valence-corrected chi connectivity index (χ0v) is 23.2. The number of pyridine rings is 2. The molecule has 1 atom stereocenters. The molecule has 0 bridgehead atoms. The maximum atomic E-state index is 13.6. The molecule has 1 N–H and O–H groups in total. The molecule has 0 unspecified atom stereocenters. The first-order chi connectivity index (χ1) is 19.7. The highest BCUT2D eigenvalue weighted by Crippen LogP contribution is 2.42. The van der Waals surface area contributed by atoms with Crippen LogP contribution in [-0.2, 0) is 25.4 Å². The van der Waals surface area contributed by atoms with Gasteiger partial charge in [-0.1, -0.05) is 17.7 Å².